The Morgan fingerprint density at radius 3 is 2.85 bits per heavy atom. The van der Waals surface area contributed by atoms with E-state index in [2.05, 4.69) is 24.5 Å². The third-order valence-electron chi connectivity index (χ3n) is 1.39. The Kier molecular flexibility index (Phi) is 4.14. The Bertz CT molecular complexity index is 352. The SMILES string of the molecule is Fc1ccc(C#CCCS)c(Cl)c1. The summed E-state index contributed by atoms with van der Waals surface area (Å²) in [5.41, 5.74) is 0.657. The fourth-order valence-corrected chi connectivity index (χ4v) is 1.13. The summed E-state index contributed by atoms with van der Waals surface area (Å²) in [7, 11) is 0. The zero-order chi connectivity index (χ0) is 9.68. The zero-order valence-corrected chi connectivity index (χ0v) is 8.50. The van der Waals surface area contributed by atoms with Crippen LogP contribution in [0.5, 0.6) is 0 Å². The third kappa shape index (κ3) is 3.30. The first-order valence-electron chi connectivity index (χ1n) is 3.79. The molecule has 0 saturated heterocycles. The first kappa shape index (κ1) is 10.4. The molecule has 0 aliphatic carbocycles. The molecule has 0 amide bonds. The van der Waals surface area contributed by atoms with Crippen molar-refractivity contribution in [2.75, 3.05) is 5.75 Å². The number of hydrogen-bond donors (Lipinski definition) is 1. The van der Waals surface area contributed by atoms with Crippen LogP contribution < -0.4 is 0 Å². The molecule has 1 aromatic carbocycles. The molecule has 0 heterocycles. The van der Waals surface area contributed by atoms with Crippen LogP contribution in [0.2, 0.25) is 5.02 Å². The second-order valence-electron chi connectivity index (χ2n) is 2.40. The van der Waals surface area contributed by atoms with E-state index in [0.29, 0.717) is 22.8 Å². The van der Waals surface area contributed by atoms with E-state index in [1.54, 1.807) is 6.07 Å². The van der Waals surface area contributed by atoms with Crippen LogP contribution in [-0.4, -0.2) is 5.75 Å². The second kappa shape index (κ2) is 5.16. The van der Waals surface area contributed by atoms with Gasteiger partial charge in [0.1, 0.15) is 5.82 Å². The molecule has 0 bridgehead atoms. The van der Waals surface area contributed by atoms with Crippen molar-refractivity contribution < 1.29 is 4.39 Å². The van der Waals surface area contributed by atoms with Gasteiger partial charge in [0, 0.05) is 17.7 Å². The van der Waals surface area contributed by atoms with E-state index in [1.807, 2.05) is 0 Å². The number of rotatable bonds is 1. The molecule has 3 heteroatoms. The highest BCUT2D eigenvalue weighted by atomic mass is 35.5. The van der Waals surface area contributed by atoms with E-state index < -0.39 is 0 Å². The normalized spacial score (nSPS) is 9.15. The molecule has 0 N–H and O–H groups in total. The highest BCUT2D eigenvalue weighted by Gasteiger charge is 1.97. The third-order valence-corrected chi connectivity index (χ3v) is 1.93. The van der Waals surface area contributed by atoms with Gasteiger partial charge in [0.15, 0.2) is 0 Å². The summed E-state index contributed by atoms with van der Waals surface area (Å²) < 4.78 is 12.6. The topological polar surface area (TPSA) is 0 Å². The highest BCUT2D eigenvalue weighted by Crippen LogP contribution is 2.15. The van der Waals surface area contributed by atoms with E-state index in [-0.39, 0.29) is 5.82 Å². The fourth-order valence-electron chi connectivity index (χ4n) is 0.804. The summed E-state index contributed by atoms with van der Waals surface area (Å²) in [5, 5.41) is 0.353. The van der Waals surface area contributed by atoms with Crippen molar-refractivity contribution in [3.63, 3.8) is 0 Å². The minimum atomic E-state index is -0.343. The van der Waals surface area contributed by atoms with Gasteiger partial charge in [0.2, 0.25) is 0 Å². The Morgan fingerprint density at radius 2 is 2.23 bits per heavy atom. The number of benzene rings is 1. The van der Waals surface area contributed by atoms with E-state index in [4.69, 9.17) is 11.6 Å². The average molecular weight is 215 g/mol. The van der Waals surface area contributed by atoms with Gasteiger partial charge in [-0.15, -0.1) is 0 Å². The summed E-state index contributed by atoms with van der Waals surface area (Å²) in [5.74, 6) is 6.09. The molecule has 0 radical (unpaired) electrons. The van der Waals surface area contributed by atoms with Gasteiger partial charge in [-0.1, -0.05) is 23.4 Å². The van der Waals surface area contributed by atoms with Crippen molar-refractivity contribution in [2.45, 2.75) is 6.42 Å². The first-order valence-corrected chi connectivity index (χ1v) is 4.80. The molecule has 0 spiro atoms. The van der Waals surface area contributed by atoms with Gasteiger partial charge in [-0.25, -0.2) is 4.39 Å². The molecule has 0 atom stereocenters. The van der Waals surface area contributed by atoms with E-state index in [1.165, 1.54) is 12.1 Å². The Balaban J connectivity index is 2.85. The minimum absolute atomic E-state index is 0.343. The quantitative estimate of drug-likeness (QED) is 0.539. The van der Waals surface area contributed by atoms with Crippen molar-refractivity contribution in [1.29, 1.82) is 0 Å². The van der Waals surface area contributed by atoms with Crippen LogP contribution in [0, 0.1) is 17.7 Å². The lowest BCUT2D eigenvalue weighted by atomic mass is 10.2. The molecule has 0 saturated carbocycles. The lowest BCUT2D eigenvalue weighted by Gasteiger charge is -1.94. The predicted octanol–water partition coefficient (Wildman–Crippen LogP) is 3.15. The molecule has 0 aliphatic rings. The van der Waals surface area contributed by atoms with E-state index in [0.717, 1.165) is 0 Å². The van der Waals surface area contributed by atoms with Gasteiger partial charge in [-0.2, -0.15) is 12.6 Å². The lowest BCUT2D eigenvalue weighted by molar-refractivity contribution is 0.628. The molecular weight excluding hydrogens is 207 g/mol. The molecule has 0 fully saturated rings. The van der Waals surface area contributed by atoms with Gasteiger partial charge in [0.25, 0.3) is 0 Å². The molecule has 0 aromatic heterocycles. The summed E-state index contributed by atoms with van der Waals surface area (Å²) in [4.78, 5) is 0. The standard InChI is InChI=1S/C10H8ClFS/c11-10-7-9(12)5-4-8(10)3-1-2-6-13/h4-5,7,13H,2,6H2. The summed E-state index contributed by atoms with van der Waals surface area (Å²) in [6.07, 6.45) is 0.705. The van der Waals surface area contributed by atoms with Crippen LogP contribution in [0.1, 0.15) is 12.0 Å². The van der Waals surface area contributed by atoms with Crippen molar-refractivity contribution in [2.24, 2.45) is 0 Å². The molecule has 1 aromatic rings. The second-order valence-corrected chi connectivity index (χ2v) is 3.25. The monoisotopic (exact) mass is 214 g/mol. The Labute approximate surface area is 87.5 Å². The zero-order valence-electron chi connectivity index (χ0n) is 6.85. The molecular formula is C10H8ClFS. The van der Waals surface area contributed by atoms with Gasteiger partial charge >= 0.3 is 0 Å². The molecule has 0 aliphatic heterocycles. The average Bonchev–Trinajstić information content (AvgIpc) is 2.09. The number of halogens is 2. The van der Waals surface area contributed by atoms with Crippen molar-refractivity contribution >= 4 is 24.2 Å². The Morgan fingerprint density at radius 1 is 1.46 bits per heavy atom. The molecule has 68 valence electrons. The number of thiol groups is 1. The highest BCUT2D eigenvalue weighted by molar-refractivity contribution is 7.80. The minimum Gasteiger partial charge on any atom is -0.207 e. The van der Waals surface area contributed by atoms with Crippen LogP contribution >= 0.6 is 24.2 Å². The van der Waals surface area contributed by atoms with Crippen molar-refractivity contribution in [3.8, 4) is 11.8 Å². The maximum absolute atomic E-state index is 12.6. The van der Waals surface area contributed by atoms with Gasteiger partial charge in [-0.3, -0.25) is 0 Å². The Hall–Kier alpha value is -0.650. The van der Waals surface area contributed by atoms with Gasteiger partial charge in [-0.05, 0) is 18.2 Å². The lowest BCUT2D eigenvalue weighted by Crippen LogP contribution is -1.79. The molecule has 0 nitrogen and oxygen atoms in total. The maximum atomic E-state index is 12.6. The first-order chi connectivity index (χ1) is 6.24. The van der Waals surface area contributed by atoms with Crippen molar-refractivity contribution in [1.82, 2.24) is 0 Å². The fraction of sp³-hybridized carbons (Fsp3) is 0.200. The van der Waals surface area contributed by atoms with Gasteiger partial charge in [0.05, 0.1) is 5.02 Å². The van der Waals surface area contributed by atoms with Gasteiger partial charge < -0.3 is 0 Å². The molecule has 1 rings (SSSR count). The van der Waals surface area contributed by atoms with Crippen LogP contribution in [0.25, 0.3) is 0 Å². The van der Waals surface area contributed by atoms with Crippen LogP contribution in [-0.2, 0) is 0 Å². The van der Waals surface area contributed by atoms with Crippen LogP contribution in [0.15, 0.2) is 18.2 Å². The van der Waals surface area contributed by atoms with Crippen LogP contribution in [0.3, 0.4) is 0 Å². The molecule has 13 heavy (non-hydrogen) atoms. The van der Waals surface area contributed by atoms with E-state index >= 15 is 0 Å². The smallest absolute Gasteiger partial charge is 0.124 e. The van der Waals surface area contributed by atoms with Crippen LogP contribution in [0.4, 0.5) is 4.39 Å². The molecule has 0 unspecified atom stereocenters. The maximum Gasteiger partial charge on any atom is 0.124 e. The summed E-state index contributed by atoms with van der Waals surface area (Å²) in [6.45, 7) is 0. The summed E-state index contributed by atoms with van der Waals surface area (Å²) in [6, 6.07) is 4.17. The van der Waals surface area contributed by atoms with Crippen molar-refractivity contribution in [3.05, 3.63) is 34.6 Å². The van der Waals surface area contributed by atoms with E-state index in [9.17, 15) is 4.39 Å². The number of hydrogen-bond acceptors (Lipinski definition) is 1. The largest absolute Gasteiger partial charge is 0.207 e. The predicted molar refractivity (Wildman–Crippen MR) is 56.8 cm³/mol. The summed E-state index contributed by atoms with van der Waals surface area (Å²) >= 11 is 9.76.